The molecular formula is C16H25N3. The molecule has 3 nitrogen and oxygen atoms in total. The fourth-order valence-corrected chi connectivity index (χ4v) is 2.27. The van der Waals surface area contributed by atoms with Crippen molar-refractivity contribution in [1.29, 1.82) is 0 Å². The molecule has 2 rings (SSSR count). The van der Waals surface area contributed by atoms with Crippen molar-refractivity contribution < 1.29 is 0 Å². The maximum Gasteiger partial charge on any atom is 0.129 e. The summed E-state index contributed by atoms with van der Waals surface area (Å²) in [7, 11) is 1.99. The van der Waals surface area contributed by atoms with E-state index in [1.54, 1.807) is 0 Å². The summed E-state index contributed by atoms with van der Waals surface area (Å²) in [4.78, 5) is 7.23. The molecule has 0 aromatic carbocycles. The average Bonchev–Trinajstić information content (AvgIpc) is 2.39. The van der Waals surface area contributed by atoms with E-state index in [-0.39, 0.29) is 5.41 Å². The van der Waals surface area contributed by atoms with Gasteiger partial charge in [0, 0.05) is 30.7 Å². The predicted molar refractivity (Wildman–Crippen MR) is 81.7 cm³/mol. The molecule has 0 radical (unpaired) electrons. The molecule has 1 aliphatic rings. The molecule has 3 heteroatoms. The van der Waals surface area contributed by atoms with Gasteiger partial charge in [-0.1, -0.05) is 32.9 Å². The minimum atomic E-state index is 0.0874. The van der Waals surface area contributed by atoms with E-state index in [0.717, 1.165) is 31.9 Å². The highest BCUT2D eigenvalue weighted by Crippen LogP contribution is 2.25. The van der Waals surface area contributed by atoms with Gasteiger partial charge < -0.3 is 10.2 Å². The lowest BCUT2D eigenvalue weighted by Gasteiger charge is -2.27. The van der Waals surface area contributed by atoms with Gasteiger partial charge in [-0.05, 0) is 31.2 Å². The van der Waals surface area contributed by atoms with Gasteiger partial charge in [-0.25, -0.2) is 4.98 Å². The Balaban J connectivity index is 2.36. The number of hydrogen-bond donors (Lipinski definition) is 1. The van der Waals surface area contributed by atoms with Gasteiger partial charge in [0.15, 0.2) is 0 Å². The molecule has 0 atom stereocenters. The van der Waals surface area contributed by atoms with Crippen LogP contribution in [0.1, 0.15) is 38.4 Å². The summed E-state index contributed by atoms with van der Waals surface area (Å²) in [6, 6.07) is 4.44. The molecule has 0 saturated carbocycles. The van der Waals surface area contributed by atoms with Crippen LogP contribution >= 0.6 is 0 Å². The van der Waals surface area contributed by atoms with Gasteiger partial charge in [0.05, 0.1) is 0 Å². The molecule has 0 bridgehead atoms. The van der Waals surface area contributed by atoms with Gasteiger partial charge in [-0.2, -0.15) is 0 Å². The zero-order valence-corrected chi connectivity index (χ0v) is 12.5. The summed E-state index contributed by atoms with van der Waals surface area (Å²) < 4.78 is 0. The summed E-state index contributed by atoms with van der Waals surface area (Å²) in [6.45, 7) is 9.59. The van der Waals surface area contributed by atoms with Crippen molar-refractivity contribution in [3.8, 4) is 0 Å². The molecule has 0 amide bonds. The van der Waals surface area contributed by atoms with Crippen LogP contribution in [-0.4, -0.2) is 25.1 Å². The Kier molecular flexibility index (Phi) is 4.25. The predicted octanol–water partition coefficient (Wildman–Crippen LogP) is 2.86. The fraction of sp³-hybridized carbons (Fsp3) is 0.562. The zero-order valence-electron chi connectivity index (χ0n) is 12.5. The number of pyridine rings is 1. The third-order valence-corrected chi connectivity index (χ3v) is 3.40. The van der Waals surface area contributed by atoms with Crippen molar-refractivity contribution in [2.75, 3.05) is 25.0 Å². The highest BCUT2D eigenvalue weighted by molar-refractivity contribution is 5.45. The van der Waals surface area contributed by atoms with E-state index in [1.807, 2.05) is 7.05 Å². The molecule has 0 spiro atoms. The third kappa shape index (κ3) is 3.57. The van der Waals surface area contributed by atoms with Crippen molar-refractivity contribution in [3.63, 3.8) is 0 Å². The first-order chi connectivity index (χ1) is 9.00. The Morgan fingerprint density at radius 2 is 2.05 bits per heavy atom. The van der Waals surface area contributed by atoms with Crippen LogP contribution in [-0.2, 0) is 12.0 Å². The van der Waals surface area contributed by atoms with Crippen molar-refractivity contribution in [3.05, 3.63) is 35.5 Å². The summed E-state index contributed by atoms with van der Waals surface area (Å²) in [6.07, 6.45) is 5.59. The largest absolute Gasteiger partial charge is 0.353 e. The van der Waals surface area contributed by atoms with E-state index in [9.17, 15) is 0 Å². The quantitative estimate of drug-likeness (QED) is 0.846. The molecule has 104 valence electrons. The maximum atomic E-state index is 4.87. The summed E-state index contributed by atoms with van der Waals surface area (Å²) in [5, 5.41) is 3.23. The van der Waals surface area contributed by atoms with Crippen LogP contribution in [0.4, 0.5) is 5.82 Å². The normalized spacial score (nSPS) is 15.9. The number of nitrogens with zero attached hydrogens (tertiary/aromatic N) is 2. The lowest BCUT2D eigenvalue weighted by atomic mass is 9.90. The molecule has 0 unspecified atom stereocenters. The molecular weight excluding hydrogens is 234 g/mol. The summed E-state index contributed by atoms with van der Waals surface area (Å²) >= 11 is 0. The van der Waals surface area contributed by atoms with Crippen LogP contribution in [0.2, 0.25) is 0 Å². The standard InChI is InChI=1S/C16H25N3/c1-16(2,3)14-10-13(12-17-4)11-15(18-14)19-8-6-5-7-9-19/h5-6,10-11,17H,7-9,12H2,1-4H3. The van der Waals surface area contributed by atoms with Crippen LogP contribution in [0.5, 0.6) is 0 Å². The molecule has 1 aliphatic heterocycles. The second-order valence-corrected chi connectivity index (χ2v) is 6.21. The molecule has 0 fully saturated rings. The average molecular weight is 259 g/mol. The number of hydrogen-bond acceptors (Lipinski definition) is 3. The molecule has 1 aromatic heterocycles. The van der Waals surface area contributed by atoms with Crippen LogP contribution in [0.3, 0.4) is 0 Å². The van der Waals surface area contributed by atoms with Crippen molar-refractivity contribution in [1.82, 2.24) is 10.3 Å². The minimum absolute atomic E-state index is 0.0874. The highest BCUT2D eigenvalue weighted by atomic mass is 15.2. The Labute approximate surface area is 116 Å². The van der Waals surface area contributed by atoms with Crippen molar-refractivity contribution >= 4 is 5.82 Å². The zero-order chi connectivity index (χ0) is 13.9. The van der Waals surface area contributed by atoms with E-state index in [1.165, 1.54) is 11.3 Å². The summed E-state index contributed by atoms with van der Waals surface area (Å²) in [5.74, 6) is 1.11. The topological polar surface area (TPSA) is 28.2 Å². The second kappa shape index (κ2) is 5.74. The Hall–Kier alpha value is -1.35. The van der Waals surface area contributed by atoms with Crippen molar-refractivity contribution in [2.45, 2.75) is 39.2 Å². The molecule has 1 N–H and O–H groups in total. The fourth-order valence-electron chi connectivity index (χ4n) is 2.27. The van der Waals surface area contributed by atoms with Crippen LogP contribution in [0, 0.1) is 0 Å². The number of rotatable bonds is 3. The second-order valence-electron chi connectivity index (χ2n) is 6.21. The van der Waals surface area contributed by atoms with Crippen molar-refractivity contribution in [2.24, 2.45) is 0 Å². The molecule has 0 aliphatic carbocycles. The first-order valence-corrected chi connectivity index (χ1v) is 7.06. The Morgan fingerprint density at radius 3 is 2.63 bits per heavy atom. The smallest absolute Gasteiger partial charge is 0.129 e. The number of nitrogens with one attached hydrogen (secondary N) is 1. The monoisotopic (exact) mass is 259 g/mol. The summed E-state index contributed by atoms with van der Waals surface area (Å²) in [5.41, 5.74) is 2.57. The first kappa shape index (κ1) is 14.1. The molecule has 0 saturated heterocycles. The maximum absolute atomic E-state index is 4.87. The lowest BCUT2D eigenvalue weighted by molar-refractivity contribution is 0.566. The third-order valence-electron chi connectivity index (χ3n) is 3.40. The van der Waals surface area contributed by atoms with Crippen LogP contribution < -0.4 is 10.2 Å². The van der Waals surface area contributed by atoms with Crippen LogP contribution in [0.25, 0.3) is 0 Å². The number of anilines is 1. The lowest BCUT2D eigenvalue weighted by Crippen LogP contribution is -2.29. The van der Waals surface area contributed by atoms with Gasteiger partial charge >= 0.3 is 0 Å². The molecule has 1 aromatic rings. The molecule has 19 heavy (non-hydrogen) atoms. The van der Waals surface area contributed by atoms with E-state index in [4.69, 9.17) is 4.98 Å². The van der Waals surface area contributed by atoms with Crippen LogP contribution in [0.15, 0.2) is 24.3 Å². The molecule has 2 heterocycles. The van der Waals surface area contributed by atoms with Gasteiger partial charge in [-0.3, -0.25) is 0 Å². The van der Waals surface area contributed by atoms with Gasteiger partial charge in [0.2, 0.25) is 0 Å². The van der Waals surface area contributed by atoms with E-state index in [2.05, 4.69) is 55.3 Å². The van der Waals surface area contributed by atoms with Gasteiger partial charge in [-0.15, -0.1) is 0 Å². The SMILES string of the molecule is CNCc1cc(N2CC=CCC2)nc(C(C)(C)C)c1. The van der Waals surface area contributed by atoms with Gasteiger partial charge in [0.1, 0.15) is 5.82 Å². The Morgan fingerprint density at radius 1 is 1.26 bits per heavy atom. The Bertz CT molecular complexity index is 458. The van der Waals surface area contributed by atoms with Gasteiger partial charge in [0.25, 0.3) is 0 Å². The van der Waals surface area contributed by atoms with E-state index < -0.39 is 0 Å². The minimum Gasteiger partial charge on any atom is -0.353 e. The highest BCUT2D eigenvalue weighted by Gasteiger charge is 2.19. The first-order valence-electron chi connectivity index (χ1n) is 7.06. The van der Waals surface area contributed by atoms with E-state index >= 15 is 0 Å². The number of aromatic nitrogens is 1. The van der Waals surface area contributed by atoms with E-state index in [0.29, 0.717) is 0 Å².